The van der Waals surface area contributed by atoms with Crippen LogP contribution in [0.15, 0.2) is 48.8 Å². The van der Waals surface area contributed by atoms with Crippen LogP contribution in [0, 0.1) is 0 Å². The summed E-state index contributed by atoms with van der Waals surface area (Å²) < 4.78 is 24.5. The number of nitrogens with one attached hydrogen (secondary N) is 3. The lowest BCUT2D eigenvalue weighted by molar-refractivity contribution is 0.251. The smallest absolute Gasteiger partial charge is 0.319 e. The highest BCUT2D eigenvalue weighted by molar-refractivity contribution is 7.92. The topological polar surface area (TPSA) is 100 Å². The van der Waals surface area contributed by atoms with Crippen LogP contribution in [0.1, 0.15) is 5.56 Å². The van der Waals surface area contributed by atoms with Gasteiger partial charge >= 0.3 is 6.03 Å². The van der Waals surface area contributed by atoms with E-state index in [2.05, 4.69) is 20.3 Å². The fourth-order valence-corrected chi connectivity index (χ4v) is 2.26. The molecule has 0 saturated carbocycles. The van der Waals surface area contributed by atoms with Crippen LogP contribution < -0.4 is 15.4 Å². The summed E-state index contributed by atoms with van der Waals surface area (Å²) in [6.07, 6.45) is 4.41. The van der Waals surface area contributed by atoms with Gasteiger partial charge in [0, 0.05) is 30.3 Å². The summed E-state index contributed by atoms with van der Waals surface area (Å²) in [5.74, 6) is 0. The molecule has 1 heterocycles. The number of urea groups is 1. The molecule has 0 unspecified atom stereocenters. The number of sulfonamides is 1. The van der Waals surface area contributed by atoms with Crippen LogP contribution in [0.5, 0.6) is 0 Å². The lowest BCUT2D eigenvalue weighted by Gasteiger charge is -2.09. The molecule has 116 valence electrons. The van der Waals surface area contributed by atoms with Crippen LogP contribution in [0.3, 0.4) is 0 Å². The number of hydrogen-bond donors (Lipinski definition) is 3. The van der Waals surface area contributed by atoms with Gasteiger partial charge < -0.3 is 10.6 Å². The van der Waals surface area contributed by atoms with E-state index in [0.29, 0.717) is 17.9 Å². The number of amides is 2. The van der Waals surface area contributed by atoms with E-state index in [1.807, 2.05) is 6.07 Å². The average Bonchev–Trinajstić information content (AvgIpc) is 2.47. The van der Waals surface area contributed by atoms with Gasteiger partial charge in [-0.2, -0.15) is 0 Å². The van der Waals surface area contributed by atoms with Gasteiger partial charge in [-0.1, -0.05) is 6.07 Å². The van der Waals surface area contributed by atoms with Gasteiger partial charge in [-0.3, -0.25) is 9.71 Å². The van der Waals surface area contributed by atoms with Crippen LogP contribution >= 0.6 is 0 Å². The van der Waals surface area contributed by atoms with E-state index in [1.54, 1.807) is 42.7 Å². The zero-order valence-corrected chi connectivity index (χ0v) is 12.7. The second-order valence-electron chi connectivity index (χ2n) is 4.62. The number of anilines is 2. The number of aromatic nitrogens is 1. The maximum absolute atomic E-state index is 11.7. The number of pyridine rings is 1. The van der Waals surface area contributed by atoms with E-state index < -0.39 is 10.0 Å². The maximum atomic E-state index is 11.7. The van der Waals surface area contributed by atoms with Gasteiger partial charge in [-0.05, 0) is 35.9 Å². The molecule has 0 spiro atoms. The number of rotatable bonds is 5. The number of nitrogens with zero attached hydrogens (tertiary/aromatic N) is 1. The Balaban J connectivity index is 1.86. The molecule has 0 radical (unpaired) electrons. The zero-order valence-electron chi connectivity index (χ0n) is 11.9. The second-order valence-corrected chi connectivity index (χ2v) is 6.37. The van der Waals surface area contributed by atoms with Crippen molar-refractivity contribution in [3.63, 3.8) is 0 Å². The molecular weight excluding hydrogens is 304 g/mol. The van der Waals surface area contributed by atoms with Crippen molar-refractivity contribution in [2.75, 3.05) is 16.3 Å². The van der Waals surface area contributed by atoms with E-state index in [9.17, 15) is 13.2 Å². The first kappa shape index (κ1) is 15.8. The normalized spacial score (nSPS) is 10.8. The van der Waals surface area contributed by atoms with E-state index >= 15 is 0 Å². The minimum Gasteiger partial charge on any atom is -0.334 e. The van der Waals surface area contributed by atoms with Gasteiger partial charge in [0.15, 0.2) is 0 Å². The quantitative estimate of drug-likeness (QED) is 0.781. The second kappa shape index (κ2) is 6.90. The average molecular weight is 320 g/mol. The van der Waals surface area contributed by atoms with E-state index in [0.717, 1.165) is 11.8 Å². The van der Waals surface area contributed by atoms with Gasteiger partial charge in [0.25, 0.3) is 0 Å². The van der Waals surface area contributed by atoms with E-state index in [4.69, 9.17) is 0 Å². The molecule has 2 aromatic rings. The fraction of sp³-hybridized carbons (Fsp3) is 0.143. The third-order valence-corrected chi connectivity index (χ3v) is 3.23. The SMILES string of the molecule is CS(=O)(=O)Nc1ccc(NC(=O)NCc2cccnc2)cc1. The maximum Gasteiger partial charge on any atom is 0.319 e. The molecule has 0 aliphatic rings. The molecule has 1 aromatic heterocycles. The Morgan fingerprint density at radius 1 is 1.14 bits per heavy atom. The predicted octanol–water partition coefficient (Wildman–Crippen LogP) is 1.77. The standard InChI is InChI=1S/C14H16N4O3S/c1-22(20,21)18-13-6-4-12(5-7-13)17-14(19)16-10-11-3-2-8-15-9-11/h2-9,18H,10H2,1H3,(H2,16,17,19). The number of carbonyl (C=O) groups excluding carboxylic acids is 1. The van der Waals surface area contributed by atoms with Gasteiger partial charge in [-0.15, -0.1) is 0 Å². The number of hydrogen-bond acceptors (Lipinski definition) is 4. The molecule has 0 atom stereocenters. The van der Waals surface area contributed by atoms with Crippen LogP contribution in [0.4, 0.5) is 16.2 Å². The van der Waals surface area contributed by atoms with Crippen molar-refractivity contribution in [2.24, 2.45) is 0 Å². The Morgan fingerprint density at radius 3 is 2.41 bits per heavy atom. The van der Waals surface area contributed by atoms with Crippen molar-refractivity contribution in [1.29, 1.82) is 0 Å². The number of carbonyl (C=O) groups is 1. The summed E-state index contributed by atoms with van der Waals surface area (Å²) in [7, 11) is -3.31. The molecule has 8 heteroatoms. The predicted molar refractivity (Wildman–Crippen MR) is 85.0 cm³/mol. The summed E-state index contributed by atoms with van der Waals surface area (Å²) in [4.78, 5) is 15.7. The molecule has 0 fully saturated rings. The molecule has 3 N–H and O–H groups in total. The van der Waals surface area contributed by atoms with Crippen molar-refractivity contribution < 1.29 is 13.2 Å². The van der Waals surface area contributed by atoms with Crippen LogP contribution in [-0.4, -0.2) is 25.7 Å². The van der Waals surface area contributed by atoms with Gasteiger partial charge in [0.05, 0.1) is 6.26 Å². The van der Waals surface area contributed by atoms with Crippen molar-refractivity contribution in [2.45, 2.75) is 6.54 Å². The van der Waals surface area contributed by atoms with Gasteiger partial charge in [-0.25, -0.2) is 13.2 Å². The first-order chi connectivity index (χ1) is 10.4. The highest BCUT2D eigenvalue weighted by atomic mass is 32.2. The van der Waals surface area contributed by atoms with E-state index in [1.165, 1.54) is 0 Å². The Bertz CT molecular complexity index is 730. The molecule has 22 heavy (non-hydrogen) atoms. The Labute approximate surface area is 128 Å². The van der Waals surface area contributed by atoms with E-state index in [-0.39, 0.29) is 6.03 Å². The summed E-state index contributed by atoms with van der Waals surface area (Å²) in [5.41, 5.74) is 1.89. The largest absolute Gasteiger partial charge is 0.334 e. The molecule has 0 bridgehead atoms. The fourth-order valence-electron chi connectivity index (χ4n) is 1.70. The van der Waals surface area contributed by atoms with Gasteiger partial charge in [0.2, 0.25) is 10.0 Å². The minimum atomic E-state index is -3.31. The first-order valence-electron chi connectivity index (χ1n) is 6.44. The van der Waals surface area contributed by atoms with Gasteiger partial charge in [0.1, 0.15) is 0 Å². The first-order valence-corrected chi connectivity index (χ1v) is 8.33. The van der Waals surface area contributed by atoms with Crippen molar-refractivity contribution in [1.82, 2.24) is 10.3 Å². The number of benzene rings is 1. The third kappa shape index (κ3) is 5.41. The lowest BCUT2D eigenvalue weighted by Crippen LogP contribution is -2.28. The van der Waals surface area contributed by atoms with Crippen molar-refractivity contribution >= 4 is 27.4 Å². The monoisotopic (exact) mass is 320 g/mol. The highest BCUT2D eigenvalue weighted by Crippen LogP contribution is 2.14. The molecule has 1 aromatic carbocycles. The summed E-state index contributed by atoms with van der Waals surface area (Å²) in [6, 6.07) is 9.65. The molecular formula is C14H16N4O3S. The molecule has 7 nitrogen and oxygen atoms in total. The zero-order chi connectivity index (χ0) is 16.0. The summed E-state index contributed by atoms with van der Waals surface area (Å²) >= 11 is 0. The molecule has 2 amide bonds. The summed E-state index contributed by atoms with van der Waals surface area (Å²) in [5, 5.41) is 5.35. The third-order valence-electron chi connectivity index (χ3n) is 2.62. The minimum absolute atomic E-state index is 0.354. The van der Waals surface area contributed by atoms with Crippen LogP contribution in [-0.2, 0) is 16.6 Å². The molecule has 2 rings (SSSR count). The lowest BCUT2D eigenvalue weighted by atomic mass is 10.3. The molecule has 0 saturated heterocycles. The highest BCUT2D eigenvalue weighted by Gasteiger charge is 2.04. The van der Waals surface area contributed by atoms with Crippen LogP contribution in [0.25, 0.3) is 0 Å². The molecule has 0 aliphatic heterocycles. The Hall–Kier alpha value is -2.61. The molecule has 0 aliphatic carbocycles. The Kier molecular flexibility index (Phi) is 4.95. The summed E-state index contributed by atoms with van der Waals surface area (Å²) in [6.45, 7) is 0.368. The van der Waals surface area contributed by atoms with Crippen molar-refractivity contribution in [3.05, 3.63) is 54.4 Å². The van der Waals surface area contributed by atoms with Crippen LogP contribution in [0.2, 0.25) is 0 Å². The Morgan fingerprint density at radius 2 is 1.82 bits per heavy atom. The van der Waals surface area contributed by atoms with Crippen molar-refractivity contribution in [3.8, 4) is 0 Å².